The van der Waals surface area contributed by atoms with E-state index < -0.39 is 0 Å². The molecule has 0 saturated carbocycles. The molecule has 0 heterocycles. The van der Waals surface area contributed by atoms with Gasteiger partial charge in [-0.05, 0) is 19.8 Å². The molecule has 0 aliphatic rings. The standard InChI is InChI=1S/C12H24N2O/c1-5-8-11(7-3)14-10(4)12(15)13-9-6-2/h6,10-11,14H,2,5,7-9H2,1,3-4H3,(H,13,15). The van der Waals surface area contributed by atoms with E-state index in [4.69, 9.17) is 0 Å². The van der Waals surface area contributed by atoms with E-state index in [0.717, 1.165) is 19.3 Å². The third kappa shape index (κ3) is 6.28. The van der Waals surface area contributed by atoms with Crippen molar-refractivity contribution in [2.45, 2.75) is 52.1 Å². The van der Waals surface area contributed by atoms with E-state index in [1.807, 2.05) is 6.92 Å². The van der Waals surface area contributed by atoms with Crippen LogP contribution in [-0.4, -0.2) is 24.5 Å². The topological polar surface area (TPSA) is 41.1 Å². The van der Waals surface area contributed by atoms with Crippen LogP contribution in [0.25, 0.3) is 0 Å². The van der Waals surface area contributed by atoms with Crippen molar-refractivity contribution in [1.82, 2.24) is 10.6 Å². The molecule has 0 aromatic heterocycles. The smallest absolute Gasteiger partial charge is 0.237 e. The Morgan fingerprint density at radius 2 is 2.13 bits per heavy atom. The molecule has 15 heavy (non-hydrogen) atoms. The van der Waals surface area contributed by atoms with E-state index in [1.165, 1.54) is 0 Å². The van der Waals surface area contributed by atoms with Crippen molar-refractivity contribution in [2.24, 2.45) is 0 Å². The summed E-state index contributed by atoms with van der Waals surface area (Å²) in [5.41, 5.74) is 0. The molecule has 0 aliphatic heterocycles. The molecule has 2 N–H and O–H groups in total. The first-order valence-electron chi connectivity index (χ1n) is 5.80. The molecule has 0 spiro atoms. The average molecular weight is 212 g/mol. The molecule has 0 aromatic rings. The van der Waals surface area contributed by atoms with Crippen molar-refractivity contribution in [3.8, 4) is 0 Å². The van der Waals surface area contributed by atoms with Crippen molar-refractivity contribution in [2.75, 3.05) is 6.54 Å². The van der Waals surface area contributed by atoms with Gasteiger partial charge in [-0.2, -0.15) is 0 Å². The first-order valence-corrected chi connectivity index (χ1v) is 5.80. The molecule has 0 aliphatic carbocycles. The molecular formula is C12H24N2O. The number of carbonyl (C=O) groups excluding carboxylic acids is 1. The van der Waals surface area contributed by atoms with Crippen LogP contribution >= 0.6 is 0 Å². The first-order chi connectivity index (χ1) is 7.15. The van der Waals surface area contributed by atoms with Crippen LogP contribution in [0, 0.1) is 0 Å². The number of nitrogens with one attached hydrogen (secondary N) is 2. The Morgan fingerprint density at radius 3 is 2.60 bits per heavy atom. The van der Waals surface area contributed by atoms with Gasteiger partial charge in [-0.3, -0.25) is 4.79 Å². The lowest BCUT2D eigenvalue weighted by Crippen LogP contribution is -2.46. The zero-order valence-corrected chi connectivity index (χ0v) is 10.2. The fourth-order valence-electron chi connectivity index (χ4n) is 1.51. The van der Waals surface area contributed by atoms with Gasteiger partial charge in [-0.25, -0.2) is 0 Å². The number of amides is 1. The molecule has 3 nitrogen and oxygen atoms in total. The van der Waals surface area contributed by atoms with E-state index in [-0.39, 0.29) is 11.9 Å². The van der Waals surface area contributed by atoms with Crippen molar-refractivity contribution >= 4 is 5.91 Å². The van der Waals surface area contributed by atoms with Gasteiger partial charge in [0.2, 0.25) is 5.91 Å². The summed E-state index contributed by atoms with van der Waals surface area (Å²) in [7, 11) is 0. The first kappa shape index (κ1) is 14.2. The Kier molecular flexibility index (Phi) is 8.01. The predicted molar refractivity (Wildman–Crippen MR) is 64.8 cm³/mol. The third-order valence-corrected chi connectivity index (χ3v) is 2.43. The fourth-order valence-corrected chi connectivity index (χ4v) is 1.51. The summed E-state index contributed by atoms with van der Waals surface area (Å²) in [4.78, 5) is 11.5. The van der Waals surface area contributed by atoms with Gasteiger partial charge < -0.3 is 10.6 Å². The van der Waals surface area contributed by atoms with Crippen LogP contribution in [0.2, 0.25) is 0 Å². The Balaban J connectivity index is 3.91. The summed E-state index contributed by atoms with van der Waals surface area (Å²) >= 11 is 0. The molecule has 0 rings (SSSR count). The highest BCUT2D eigenvalue weighted by molar-refractivity contribution is 5.81. The molecule has 0 saturated heterocycles. The Morgan fingerprint density at radius 1 is 1.47 bits per heavy atom. The van der Waals surface area contributed by atoms with Crippen molar-refractivity contribution < 1.29 is 4.79 Å². The maximum absolute atomic E-state index is 11.5. The minimum Gasteiger partial charge on any atom is -0.351 e. The van der Waals surface area contributed by atoms with Crippen LogP contribution in [0.1, 0.15) is 40.0 Å². The largest absolute Gasteiger partial charge is 0.351 e. The molecular weight excluding hydrogens is 188 g/mol. The fraction of sp³-hybridized carbons (Fsp3) is 0.750. The number of hydrogen-bond donors (Lipinski definition) is 2. The Hall–Kier alpha value is -0.830. The SMILES string of the molecule is C=CCNC(=O)C(C)NC(CC)CCC. The lowest BCUT2D eigenvalue weighted by Gasteiger charge is -2.21. The van der Waals surface area contributed by atoms with Crippen molar-refractivity contribution in [3.05, 3.63) is 12.7 Å². The third-order valence-electron chi connectivity index (χ3n) is 2.43. The maximum Gasteiger partial charge on any atom is 0.237 e. The minimum atomic E-state index is -0.124. The molecule has 1 amide bonds. The highest BCUT2D eigenvalue weighted by Gasteiger charge is 2.15. The van der Waals surface area contributed by atoms with Crippen molar-refractivity contribution in [1.29, 1.82) is 0 Å². The van der Waals surface area contributed by atoms with E-state index in [1.54, 1.807) is 6.08 Å². The van der Waals surface area contributed by atoms with Crippen LogP contribution < -0.4 is 10.6 Å². The lowest BCUT2D eigenvalue weighted by atomic mass is 10.1. The highest BCUT2D eigenvalue weighted by atomic mass is 16.2. The number of rotatable bonds is 8. The summed E-state index contributed by atoms with van der Waals surface area (Å²) < 4.78 is 0. The van der Waals surface area contributed by atoms with Gasteiger partial charge >= 0.3 is 0 Å². The molecule has 2 atom stereocenters. The lowest BCUT2D eigenvalue weighted by molar-refractivity contribution is -0.122. The molecule has 0 radical (unpaired) electrons. The zero-order chi connectivity index (χ0) is 11.7. The Labute approximate surface area is 93.3 Å². The summed E-state index contributed by atoms with van der Waals surface area (Å²) in [5.74, 6) is 0.0458. The average Bonchev–Trinajstić information content (AvgIpc) is 2.24. The zero-order valence-electron chi connectivity index (χ0n) is 10.2. The van der Waals surface area contributed by atoms with E-state index >= 15 is 0 Å². The van der Waals surface area contributed by atoms with Gasteiger partial charge in [0.05, 0.1) is 6.04 Å². The van der Waals surface area contributed by atoms with Crippen molar-refractivity contribution in [3.63, 3.8) is 0 Å². The van der Waals surface area contributed by atoms with Crippen LogP contribution in [0.15, 0.2) is 12.7 Å². The number of carbonyl (C=O) groups is 1. The molecule has 0 bridgehead atoms. The summed E-state index contributed by atoms with van der Waals surface area (Å²) in [6.45, 7) is 10.3. The second-order valence-electron chi connectivity index (χ2n) is 3.82. The van der Waals surface area contributed by atoms with E-state index in [0.29, 0.717) is 12.6 Å². The maximum atomic E-state index is 11.5. The van der Waals surface area contributed by atoms with Gasteiger partial charge in [0.15, 0.2) is 0 Å². The molecule has 2 unspecified atom stereocenters. The van der Waals surface area contributed by atoms with E-state index in [2.05, 4.69) is 31.1 Å². The van der Waals surface area contributed by atoms with Gasteiger partial charge in [-0.1, -0.05) is 26.3 Å². The van der Waals surface area contributed by atoms with Crippen LogP contribution in [-0.2, 0) is 4.79 Å². The van der Waals surface area contributed by atoms with Crippen LogP contribution in [0.3, 0.4) is 0 Å². The minimum absolute atomic E-state index is 0.0458. The summed E-state index contributed by atoms with van der Waals surface area (Å²) in [6.07, 6.45) is 5.02. The summed E-state index contributed by atoms with van der Waals surface area (Å²) in [6, 6.07) is 0.320. The second-order valence-corrected chi connectivity index (χ2v) is 3.82. The predicted octanol–water partition coefficient (Wildman–Crippen LogP) is 1.85. The van der Waals surface area contributed by atoms with Crippen LogP contribution in [0.5, 0.6) is 0 Å². The van der Waals surface area contributed by atoms with Gasteiger partial charge in [0, 0.05) is 12.6 Å². The summed E-state index contributed by atoms with van der Waals surface area (Å²) in [5, 5.41) is 6.11. The van der Waals surface area contributed by atoms with Crippen LogP contribution in [0.4, 0.5) is 0 Å². The van der Waals surface area contributed by atoms with E-state index in [9.17, 15) is 4.79 Å². The Bertz CT molecular complexity index is 192. The molecule has 0 fully saturated rings. The second kappa shape index (κ2) is 8.48. The normalized spacial score (nSPS) is 14.3. The monoisotopic (exact) mass is 212 g/mol. The quantitative estimate of drug-likeness (QED) is 0.603. The molecule has 3 heteroatoms. The highest BCUT2D eigenvalue weighted by Crippen LogP contribution is 2.02. The molecule has 88 valence electrons. The van der Waals surface area contributed by atoms with Gasteiger partial charge in [0.25, 0.3) is 0 Å². The van der Waals surface area contributed by atoms with Gasteiger partial charge in [0.1, 0.15) is 0 Å². The molecule has 0 aromatic carbocycles. The number of hydrogen-bond acceptors (Lipinski definition) is 2. The van der Waals surface area contributed by atoms with Gasteiger partial charge in [-0.15, -0.1) is 6.58 Å².